The molecule has 1 aromatic rings. The molecule has 0 aromatic heterocycles. The predicted octanol–water partition coefficient (Wildman–Crippen LogP) is 2.96. The minimum absolute atomic E-state index is 0.165. The molecular weight excluding hydrogens is 238 g/mol. The minimum atomic E-state index is 0.165. The van der Waals surface area contributed by atoms with Crippen LogP contribution in [0.2, 0.25) is 0 Å². The van der Waals surface area contributed by atoms with Crippen LogP contribution in [0.3, 0.4) is 0 Å². The van der Waals surface area contributed by atoms with Gasteiger partial charge in [-0.15, -0.1) is 0 Å². The molecule has 0 radical (unpaired) electrons. The standard InChI is InChI=1S/C16H21NO2/c1-2-19-15-5-3-4-14(9-15)16(18)17-10-12-6-7-13(8-12)11-17/h3-5,9,12-13H,2,6-8,10-11H2,1H3. The Labute approximate surface area is 114 Å². The highest BCUT2D eigenvalue weighted by Gasteiger charge is 2.35. The molecule has 1 saturated carbocycles. The Kier molecular flexibility index (Phi) is 3.45. The summed E-state index contributed by atoms with van der Waals surface area (Å²) in [6.45, 7) is 4.46. The third kappa shape index (κ3) is 2.60. The van der Waals surface area contributed by atoms with Gasteiger partial charge in [0.05, 0.1) is 6.61 Å². The highest BCUT2D eigenvalue weighted by Crippen LogP contribution is 2.36. The van der Waals surface area contributed by atoms with Crippen LogP contribution in [0.4, 0.5) is 0 Å². The summed E-state index contributed by atoms with van der Waals surface area (Å²) in [7, 11) is 0. The Morgan fingerprint density at radius 2 is 2.05 bits per heavy atom. The zero-order valence-electron chi connectivity index (χ0n) is 11.5. The van der Waals surface area contributed by atoms with Crippen LogP contribution in [0.5, 0.6) is 5.75 Å². The van der Waals surface area contributed by atoms with E-state index in [-0.39, 0.29) is 5.91 Å². The molecule has 2 aliphatic rings. The monoisotopic (exact) mass is 259 g/mol. The van der Waals surface area contributed by atoms with Crippen molar-refractivity contribution in [2.75, 3.05) is 19.7 Å². The van der Waals surface area contributed by atoms with Crippen LogP contribution in [0.1, 0.15) is 36.5 Å². The fourth-order valence-corrected chi connectivity index (χ4v) is 3.44. The highest BCUT2D eigenvalue weighted by molar-refractivity contribution is 5.94. The molecular formula is C16H21NO2. The number of piperidine rings is 1. The first-order valence-electron chi connectivity index (χ1n) is 7.28. The van der Waals surface area contributed by atoms with E-state index in [1.165, 1.54) is 19.3 Å². The molecule has 19 heavy (non-hydrogen) atoms. The topological polar surface area (TPSA) is 29.5 Å². The Morgan fingerprint density at radius 1 is 1.32 bits per heavy atom. The molecule has 3 rings (SSSR count). The number of ether oxygens (including phenoxy) is 1. The van der Waals surface area contributed by atoms with E-state index in [2.05, 4.69) is 0 Å². The summed E-state index contributed by atoms with van der Waals surface area (Å²) in [5.41, 5.74) is 0.757. The van der Waals surface area contributed by atoms with Crippen molar-refractivity contribution in [1.29, 1.82) is 0 Å². The fraction of sp³-hybridized carbons (Fsp3) is 0.562. The Balaban J connectivity index is 1.74. The average molecular weight is 259 g/mol. The molecule has 2 atom stereocenters. The number of amides is 1. The third-order valence-corrected chi connectivity index (χ3v) is 4.29. The zero-order valence-corrected chi connectivity index (χ0v) is 11.5. The van der Waals surface area contributed by atoms with Gasteiger partial charge in [0, 0.05) is 18.7 Å². The largest absolute Gasteiger partial charge is 0.494 e. The van der Waals surface area contributed by atoms with Gasteiger partial charge in [0.15, 0.2) is 0 Å². The average Bonchev–Trinajstić information content (AvgIpc) is 2.77. The molecule has 1 saturated heterocycles. The van der Waals surface area contributed by atoms with E-state index < -0.39 is 0 Å². The maximum absolute atomic E-state index is 12.5. The highest BCUT2D eigenvalue weighted by atomic mass is 16.5. The van der Waals surface area contributed by atoms with Crippen LogP contribution in [0.15, 0.2) is 24.3 Å². The summed E-state index contributed by atoms with van der Waals surface area (Å²) < 4.78 is 5.47. The summed E-state index contributed by atoms with van der Waals surface area (Å²) in [6, 6.07) is 7.56. The Morgan fingerprint density at radius 3 is 2.74 bits per heavy atom. The Hall–Kier alpha value is -1.51. The first-order valence-corrected chi connectivity index (χ1v) is 7.28. The minimum Gasteiger partial charge on any atom is -0.494 e. The van der Waals surface area contributed by atoms with Crippen LogP contribution in [-0.4, -0.2) is 30.5 Å². The van der Waals surface area contributed by atoms with E-state index in [0.29, 0.717) is 6.61 Å². The number of benzene rings is 1. The second-order valence-corrected chi connectivity index (χ2v) is 5.72. The number of likely N-dealkylation sites (tertiary alicyclic amines) is 1. The van der Waals surface area contributed by atoms with Crippen molar-refractivity contribution in [2.24, 2.45) is 11.8 Å². The van der Waals surface area contributed by atoms with Gasteiger partial charge in [-0.3, -0.25) is 4.79 Å². The number of hydrogen-bond donors (Lipinski definition) is 0. The van der Waals surface area contributed by atoms with Gasteiger partial charge in [0.25, 0.3) is 5.91 Å². The summed E-state index contributed by atoms with van der Waals surface area (Å²) in [4.78, 5) is 14.6. The first kappa shape index (κ1) is 12.5. The number of carbonyl (C=O) groups is 1. The van der Waals surface area contributed by atoms with E-state index >= 15 is 0 Å². The molecule has 2 fully saturated rings. The Bertz CT molecular complexity index is 460. The predicted molar refractivity (Wildman–Crippen MR) is 74.3 cm³/mol. The van der Waals surface area contributed by atoms with E-state index in [4.69, 9.17) is 4.74 Å². The van der Waals surface area contributed by atoms with Gasteiger partial charge in [0.2, 0.25) is 0 Å². The van der Waals surface area contributed by atoms with E-state index in [1.54, 1.807) is 0 Å². The van der Waals surface area contributed by atoms with Crippen LogP contribution in [-0.2, 0) is 0 Å². The number of nitrogens with zero attached hydrogens (tertiary/aromatic N) is 1. The first-order chi connectivity index (χ1) is 9.26. The SMILES string of the molecule is CCOc1cccc(C(=O)N2CC3CCC(C3)C2)c1. The van der Waals surface area contributed by atoms with E-state index in [1.807, 2.05) is 36.1 Å². The van der Waals surface area contributed by atoms with E-state index in [9.17, 15) is 4.79 Å². The van der Waals surface area contributed by atoms with Crippen molar-refractivity contribution in [3.8, 4) is 5.75 Å². The lowest BCUT2D eigenvalue weighted by atomic mass is 9.98. The van der Waals surface area contributed by atoms with Crippen molar-refractivity contribution >= 4 is 5.91 Å². The lowest BCUT2D eigenvalue weighted by molar-refractivity contribution is 0.0661. The molecule has 0 spiro atoms. The van der Waals surface area contributed by atoms with Crippen molar-refractivity contribution < 1.29 is 9.53 Å². The summed E-state index contributed by atoms with van der Waals surface area (Å²) in [5, 5.41) is 0. The van der Waals surface area contributed by atoms with Gasteiger partial charge < -0.3 is 9.64 Å². The lowest BCUT2D eigenvalue weighted by Gasteiger charge is -2.32. The number of hydrogen-bond acceptors (Lipinski definition) is 2. The lowest BCUT2D eigenvalue weighted by Crippen LogP contribution is -2.40. The summed E-state index contributed by atoms with van der Waals surface area (Å²) in [5.74, 6) is 2.42. The molecule has 0 N–H and O–H groups in total. The van der Waals surface area contributed by atoms with E-state index in [0.717, 1.165) is 36.2 Å². The zero-order chi connectivity index (χ0) is 13.2. The molecule has 3 heteroatoms. The van der Waals surface area contributed by atoms with Crippen LogP contribution in [0, 0.1) is 11.8 Å². The van der Waals surface area contributed by atoms with Crippen molar-refractivity contribution in [3.05, 3.63) is 29.8 Å². The molecule has 102 valence electrons. The molecule has 1 aliphatic heterocycles. The van der Waals surface area contributed by atoms with Gasteiger partial charge in [-0.1, -0.05) is 6.07 Å². The second-order valence-electron chi connectivity index (χ2n) is 5.72. The molecule has 2 unspecified atom stereocenters. The van der Waals surface area contributed by atoms with Gasteiger partial charge in [0.1, 0.15) is 5.75 Å². The maximum atomic E-state index is 12.5. The number of rotatable bonds is 3. The van der Waals surface area contributed by atoms with Gasteiger partial charge in [-0.25, -0.2) is 0 Å². The van der Waals surface area contributed by atoms with Crippen molar-refractivity contribution in [2.45, 2.75) is 26.2 Å². The number of carbonyl (C=O) groups excluding carboxylic acids is 1. The van der Waals surface area contributed by atoms with Crippen LogP contribution < -0.4 is 4.74 Å². The summed E-state index contributed by atoms with van der Waals surface area (Å²) in [6.07, 6.45) is 3.92. The molecule has 1 heterocycles. The second kappa shape index (κ2) is 5.24. The quantitative estimate of drug-likeness (QED) is 0.835. The van der Waals surface area contributed by atoms with Gasteiger partial charge >= 0.3 is 0 Å². The van der Waals surface area contributed by atoms with Crippen LogP contribution in [0.25, 0.3) is 0 Å². The van der Waals surface area contributed by atoms with Gasteiger partial charge in [-0.05, 0) is 56.2 Å². The van der Waals surface area contributed by atoms with Crippen molar-refractivity contribution in [3.63, 3.8) is 0 Å². The molecule has 1 amide bonds. The molecule has 1 aromatic carbocycles. The molecule has 2 bridgehead atoms. The summed E-state index contributed by atoms with van der Waals surface area (Å²) >= 11 is 0. The molecule has 1 aliphatic carbocycles. The maximum Gasteiger partial charge on any atom is 0.254 e. The van der Waals surface area contributed by atoms with Crippen LogP contribution >= 0.6 is 0 Å². The molecule has 3 nitrogen and oxygen atoms in total. The van der Waals surface area contributed by atoms with Crippen molar-refractivity contribution in [1.82, 2.24) is 4.90 Å². The smallest absolute Gasteiger partial charge is 0.254 e. The van der Waals surface area contributed by atoms with Gasteiger partial charge in [-0.2, -0.15) is 0 Å². The third-order valence-electron chi connectivity index (χ3n) is 4.29. The fourth-order valence-electron chi connectivity index (χ4n) is 3.44. The normalized spacial score (nSPS) is 25.4. The number of fused-ring (bicyclic) bond motifs is 2.